The number of ether oxygens (including phenoxy) is 1. The van der Waals surface area contributed by atoms with Crippen LogP contribution < -0.4 is 4.72 Å². The maximum Gasteiger partial charge on any atom is 0.240 e. The van der Waals surface area contributed by atoms with Gasteiger partial charge in [0.15, 0.2) is 0 Å². The molecule has 29 heavy (non-hydrogen) atoms. The number of morpholine rings is 1. The van der Waals surface area contributed by atoms with Gasteiger partial charge in [0.05, 0.1) is 18.0 Å². The quantitative estimate of drug-likeness (QED) is 0.672. The third-order valence-corrected chi connectivity index (χ3v) is 6.57. The monoisotopic (exact) mass is 416 g/mol. The molecule has 0 spiro atoms. The minimum absolute atomic E-state index is 0.0285. The van der Waals surface area contributed by atoms with Gasteiger partial charge in [-0.05, 0) is 36.1 Å². The number of sulfonamides is 1. The van der Waals surface area contributed by atoms with Gasteiger partial charge in [0.25, 0.3) is 0 Å². The summed E-state index contributed by atoms with van der Waals surface area (Å²) in [4.78, 5) is 14.6. The van der Waals surface area contributed by atoms with Crippen LogP contribution in [0.2, 0.25) is 0 Å². The first kappa shape index (κ1) is 21.5. The van der Waals surface area contributed by atoms with Crippen LogP contribution in [0.5, 0.6) is 0 Å². The summed E-state index contributed by atoms with van der Waals surface area (Å²) in [5.74, 6) is 0.0285. The Bertz CT molecular complexity index is 898. The van der Waals surface area contributed by atoms with Gasteiger partial charge in [0.1, 0.15) is 6.10 Å². The molecule has 0 aromatic heterocycles. The maximum atomic E-state index is 12.5. The van der Waals surface area contributed by atoms with Crippen LogP contribution in [0.25, 0.3) is 0 Å². The van der Waals surface area contributed by atoms with Crippen molar-refractivity contribution in [3.63, 3.8) is 0 Å². The Morgan fingerprint density at radius 2 is 1.86 bits per heavy atom. The van der Waals surface area contributed by atoms with E-state index in [2.05, 4.69) is 4.72 Å². The average Bonchev–Trinajstić information content (AvgIpc) is 2.77. The van der Waals surface area contributed by atoms with Crippen molar-refractivity contribution in [2.45, 2.75) is 37.2 Å². The molecule has 1 aliphatic heterocycles. The predicted octanol–water partition coefficient (Wildman–Crippen LogP) is 2.91. The van der Waals surface area contributed by atoms with E-state index in [0.717, 1.165) is 17.5 Å². The number of hydrogen-bond donors (Lipinski definition) is 1. The van der Waals surface area contributed by atoms with Crippen LogP contribution in [0.15, 0.2) is 59.5 Å². The summed E-state index contributed by atoms with van der Waals surface area (Å²) in [5, 5.41) is 0. The van der Waals surface area contributed by atoms with Crippen molar-refractivity contribution >= 4 is 15.9 Å². The molecule has 1 amide bonds. The second-order valence-corrected chi connectivity index (χ2v) is 8.88. The van der Waals surface area contributed by atoms with Crippen molar-refractivity contribution in [1.82, 2.24) is 9.62 Å². The highest BCUT2D eigenvalue weighted by atomic mass is 32.2. The summed E-state index contributed by atoms with van der Waals surface area (Å²) in [5.41, 5.74) is 2.15. The Hall–Kier alpha value is -2.22. The molecule has 0 radical (unpaired) electrons. The number of amides is 1. The van der Waals surface area contributed by atoms with Crippen molar-refractivity contribution in [1.29, 1.82) is 0 Å². The highest BCUT2D eigenvalue weighted by molar-refractivity contribution is 7.89. The number of aryl methyl sites for hydroxylation is 1. The van der Waals surface area contributed by atoms with Gasteiger partial charge >= 0.3 is 0 Å². The third kappa shape index (κ3) is 5.88. The number of hydrogen-bond acceptors (Lipinski definition) is 4. The zero-order chi connectivity index (χ0) is 20.7. The molecule has 2 aromatic rings. The lowest BCUT2D eigenvalue weighted by molar-refractivity contribution is -0.139. The van der Waals surface area contributed by atoms with E-state index in [4.69, 9.17) is 4.74 Å². The molecule has 2 aromatic carbocycles. The lowest BCUT2D eigenvalue weighted by atomic mass is 10.1. The molecule has 1 heterocycles. The molecule has 0 bridgehead atoms. The van der Waals surface area contributed by atoms with Gasteiger partial charge in [-0.3, -0.25) is 4.79 Å². The van der Waals surface area contributed by atoms with Crippen LogP contribution in [-0.2, 0) is 26.0 Å². The van der Waals surface area contributed by atoms with Gasteiger partial charge in [0.2, 0.25) is 15.9 Å². The van der Waals surface area contributed by atoms with E-state index in [-0.39, 0.29) is 23.5 Å². The third-order valence-electron chi connectivity index (χ3n) is 5.09. The summed E-state index contributed by atoms with van der Waals surface area (Å²) in [7, 11) is -3.55. The molecular formula is C22H28N2O4S. The number of nitrogens with zero attached hydrogens (tertiary/aromatic N) is 1. The van der Waals surface area contributed by atoms with Crippen LogP contribution in [0.3, 0.4) is 0 Å². The van der Waals surface area contributed by atoms with Gasteiger partial charge in [-0.15, -0.1) is 0 Å². The van der Waals surface area contributed by atoms with Crippen molar-refractivity contribution in [3.8, 4) is 0 Å². The fourth-order valence-corrected chi connectivity index (χ4v) is 4.41. The largest absolute Gasteiger partial charge is 0.370 e. The molecule has 3 rings (SSSR count). The molecule has 1 fully saturated rings. The van der Waals surface area contributed by atoms with E-state index < -0.39 is 10.0 Å². The van der Waals surface area contributed by atoms with E-state index in [1.54, 1.807) is 17.0 Å². The number of rotatable bonds is 8. The Labute approximate surface area is 172 Å². The Morgan fingerprint density at radius 1 is 1.14 bits per heavy atom. The fourth-order valence-electron chi connectivity index (χ4n) is 3.34. The normalized spacial score (nSPS) is 17.3. The molecule has 7 heteroatoms. The van der Waals surface area contributed by atoms with E-state index in [1.807, 2.05) is 49.4 Å². The summed E-state index contributed by atoms with van der Waals surface area (Å²) in [6, 6.07) is 16.7. The standard InChI is InChI=1S/C22H28N2O4S/c1-2-18-10-12-20(13-11-18)29(26,27)23-14-6-9-22(25)24-15-16-28-21(17-24)19-7-4-3-5-8-19/h3-5,7-8,10-13,21,23H,2,6,9,14-17H2,1H3. The van der Waals surface area contributed by atoms with Crippen LogP contribution in [0, 0.1) is 0 Å². The number of benzene rings is 2. The molecule has 1 aliphatic rings. The molecule has 156 valence electrons. The first-order valence-electron chi connectivity index (χ1n) is 10.0. The second-order valence-electron chi connectivity index (χ2n) is 7.11. The Morgan fingerprint density at radius 3 is 2.55 bits per heavy atom. The van der Waals surface area contributed by atoms with Gasteiger partial charge in [0, 0.05) is 19.5 Å². The Balaban J connectivity index is 1.45. The molecule has 1 N–H and O–H groups in total. The molecule has 6 nitrogen and oxygen atoms in total. The van der Waals surface area contributed by atoms with Crippen molar-refractivity contribution < 1.29 is 17.9 Å². The fraction of sp³-hybridized carbons (Fsp3) is 0.409. The van der Waals surface area contributed by atoms with Gasteiger partial charge in [-0.25, -0.2) is 13.1 Å². The van der Waals surface area contributed by atoms with E-state index >= 15 is 0 Å². The SMILES string of the molecule is CCc1ccc(S(=O)(=O)NCCCC(=O)N2CCOC(c3ccccc3)C2)cc1. The van der Waals surface area contributed by atoms with E-state index in [9.17, 15) is 13.2 Å². The lowest BCUT2D eigenvalue weighted by Crippen LogP contribution is -2.42. The molecule has 1 atom stereocenters. The van der Waals surface area contributed by atoms with Crippen molar-refractivity contribution in [2.24, 2.45) is 0 Å². The van der Waals surface area contributed by atoms with Crippen LogP contribution in [-0.4, -0.2) is 45.5 Å². The first-order valence-corrected chi connectivity index (χ1v) is 11.5. The predicted molar refractivity (Wildman–Crippen MR) is 112 cm³/mol. The summed E-state index contributed by atoms with van der Waals surface area (Å²) in [6.45, 7) is 3.85. The highest BCUT2D eigenvalue weighted by Gasteiger charge is 2.25. The van der Waals surface area contributed by atoms with Gasteiger partial charge < -0.3 is 9.64 Å². The zero-order valence-corrected chi connectivity index (χ0v) is 17.5. The van der Waals surface area contributed by atoms with Crippen LogP contribution in [0.4, 0.5) is 0 Å². The Kier molecular flexibility index (Phi) is 7.41. The van der Waals surface area contributed by atoms with Crippen molar-refractivity contribution in [2.75, 3.05) is 26.2 Å². The highest BCUT2D eigenvalue weighted by Crippen LogP contribution is 2.22. The number of nitrogens with one attached hydrogen (secondary N) is 1. The summed E-state index contributed by atoms with van der Waals surface area (Å²) in [6.07, 6.45) is 1.51. The second kappa shape index (κ2) is 10.0. The average molecular weight is 417 g/mol. The molecule has 0 aliphatic carbocycles. The van der Waals surface area contributed by atoms with Crippen LogP contribution >= 0.6 is 0 Å². The smallest absolute Gasteiger partial charge is 0.240 e. The zero-order valence-electron chi connectivity index (χ0n) is 16.7. The maximum absolute atomic E-state index is 12.5. The molecule has 1 unspecified atom stereocenters. The topological polar surface area (TPSA) is 75.7 Å². The molecular weight excluding hydrogens is 388 g/mol. The minimum atomic E-state index is -3.55. The van der Waals surface area contributed by atoms with Gasteiger partial charge in [-0.1, -0.05) is 49.4 Å². The summed E-state index contributed by atoms with van der Waals surface area (Å²) < 4.78 is 33.1. The minimum Gasteiger partial charge on any atom is -0.370 e. The summed E-state index contributed by atoms with van der Waals surface area (Å²) >= 11 is 0. The lowest BCUT2D eigenvalue weighted by Gasteiger charge is -2.33. The first-order chi connectivity index (χ1) is 14.0. The van der Waals surface area contributed by atoms with Gasteiger partial charge in [-0.2, -0.15) is 0 Å². The number of carbonyl (C=O) groups is 1. The van der Waals surface area contributed by atoms with Crippen LogP contribution in [0.1, 0.15) is 37.0 Å². The molecule has 1 saturated heterocycles. The van der Waals surface area contributed by atoms with Crippen molar-refractivity contribution in [3.05, 3.63) is 65.7 Å². The van der Waals surface area contributed by atoms with E-state index in [0.29, 0.717) is 32.5 Å². The van der Waals surface area contributed by atoms with E-state index in [1.165, 1.54) is 0 Å². The molecule has 0 saturated carbocycles. The number of carbonyl (C=O) groups excluding carboxylic acids is 1.